The summed E-state index contributed by atoms with van der Waals surface area (Å²) in [5.74, 6) is -0.324. The highest BCUT2D eigenvalue weighted by molar-refractivity contribution is 7.14. The van der Waals surface area contributed by atoms with Gasteiger partial charge in [0, 0.05) is 36.3 Å². The minimum atomic E-state index is -0.216. The van der Waals surface area contributed by atoms with Gasteiger partial charge < -0.3 is 15.0 Å². The number of benzene rings is 2. The van der Waals surface area contributed by atoms with Gasteiger partial charge in [-0.25, -0.2) is 4.98 Å². The molecule has 0 bridgehead atoms. The number of anilines is 2. The van der Waals surface area contributed by atoms with Gasteiger partial charge in [0.15, 0.2) is 5.13 Å². The van der Waals surface area contributed by atoms with Gasteiger partial charge in [0.1, 0.15) is 0 Å². The highest BCUT2D eigenvalue weighted by Gasteiger charge is 2.12. The molecule has 0 saturated carbocycles. The number of thiazole rings is 1. The first-order valence-electron chi connectivity index (χ1n) is 10.2. The van der Waals surface area contributed by atoms with E-state index < -0.39 is 0 Å². The predicted molar refractivity (Wildman–Crippen MR) is 122 cm³/mol. The molecule has 1 aliphatic rings. The predicted octanol–water partition coefficient (Wildman–Crippen LogP) is 3.09. The van der Waals surface area contributed by atoms with Gasteiger partial charge in [0.25, 0.3) is 5.91 Å². The Hall–Kier alpha value is -3.23. The average molecular weight is 437 g/mol. The molecule has 2 heterocycles. The van der Waals surface area contributed by atoms with Crippen LogP contribution in [0.15, 0.2) is 60.0 Å². The molecule has 0 atom stereocenters. The van der Waals surface area contributed by atoms with Gasteiger partial charge in [-0.15, -0.1) is 11.3 Å². The van der Waals surface area contributed by atoms with Crippen LogP contribution in [0.3, 0.4) is 0 Å². The van der Waals surface area contributed by atoms with Gasteiger partial charge in [-0.05, 0) is 29.8 Å². The lowest BCUT2D eigenvalue weighted by Crippen LogP contribution is -2.36. The van der Waals surface area contributed by atoms with E-state index in [0.717, 1.165) is 31.9 Å². The summed E-state index contributed by atoms with van der Waals surface area (Å²) in [5.41, 5.74) is 3.41. The fraction of sp³-hybridized carbons (Fsp3) is 0.261. The zero-order valence-corrected chi connectivity index (χ0v) is 17.9. The van der Waals surface area contributed by atoms with Crippen LogP contribution >= 0.6 is 11.3 Å². The maximum absolute atomic E-state index is 12.3. The monoisotopic (exact) mass is 436 g/mol. The fourth-order valence-corrected chi connectivity index (χ4v) is 3.98. The van der Waals surface area contributed by atoms with Crippen molar-refractivity contribution in [3.63, 3.8) is 0 Å². The van der Waals surface area contributed by atoms with E-state index in [1.165, 1.54) is 17.0 Å². The summed E-state index contributed by atoms with van der Waals surface area (Å²) < 4.78 is 5.39. The number of hydrogen-bond donors (Lipinski definition) is 2. The molecule has 31 heavy (non-hydrogen) atoms. The molecule has 1 saturated heterocycles. The molecule has 2 N–H and O–H groups in total. The SMILES string of the molecule is O=C(Cc1csc(NC(=O)c2ccccc2)n1)NCc1ccc(N2CCOCC2)cc1. The molecular weight excluding hydrogens is 412 g/mol. The second-order valence-corrected chi connectivity index (χ2v) is 8.04. The molecule has 2 aromatic carbocycles. The van der Waals surface area contributed by atoms with Crippen LogP contribution in [-0.4, -0.2) is 43.1 Å². The highest BCUT2D eigenvalue weighted by atomic mass is 32.1. The quantitative estimate of drug-likeness (QED) is 0.595. The molecule has 1 fully saturated rings. The normalized spacial score (nSPS) is 13.6. The zero-order chi connectivity index (χ0) is 21.5. The van der Waals surface area contributed by atoms with Crippen molar-refractivity contribution in [2.24, 2.45) is 0 Å². The highest BCUT2D eigenvalue weighted by Crippen LogP contribution is 2.18. The van der Waals surface area contributed by atoms with E-state index in [1.54, 1.807) is 17.5 Å². The third-order valence-corrected chi connectivity index (χ3v) is 5.76. The van der Waals surface area contributed by atoms with Crippen molar-refractivity contribution in [3.05, 3.63) is 76.8 Å². The van der Waals surface area contributed by atoms with E-state index in [1.807, 2.05) is 30.3 Å². The number of nitrogens with zero attached hydrogens (tertiary/aromatic N) is 2. The summed E-state index contributed by atoms with van der Waals surface area (Å²) >= 11 is 1.31. The lowest BCUT2D eigenvalue weighted by molar-refractivity contribution is -0.120. The molecule has 0 aliphatic carbocycles. The smallest absolute Gasteiger partial charge is 0.257 e. The molecule has 4 rings (SSSR count). The Bertz CT molecular complexity index is 1010. The molecule has 0 unspecified atom stereocenters. The van der Waals surface area contributed by atoms with Crippen molar-refractivity contribution in [2.75, 3.05) is 36.5 Å². The lowest BCUT2D eigenvalue weighted by atomic mass is 10.2. The Balaban J connectivity index is 1.24. The van der Waals surface area contributed by atoms with Crippen LogP contribution < -0.4 is 15.5 Å². The first kappa shape index (κ1) is 21.0. The molecule has 0 spiro atoms. The Morgan fingerprint density at radius 1 is 1.03 bits per heavy atom. The largest absolute Gasteiger partial charge is 0.378 e. The summed E-state index contributed by atoms with van der Waals surface area (Å²) in [4.78, 5) is 31.1. The number of aromatic nitrogens is 1. The number of hydrogen-bond acceptors (Lipinski definition) is 6. The van der Waals surface area contributed by atoms with E-state index >= 15 is 0 Å². The molecule has 7 nitrogen and oxygen atoms in total. The van der Waals surface area contributed by atoms with Crippen molar-refractivity contribution in [1.29, 1.82) is 0 Å². The Morgan fingerprint density at radius 2 is 1.77 bits per heavy atom. The van der Waals surface area contributed by atoms with Crippen LogP contribution in [0.25, 0.3) is 0 Å². The molecular formula is C23H24N4O3S. The van der Waals surface area contributed by atoms with E-state index in [0.29, 0.717) is 22.9 Å². The molecule has 8 heteroatoms. The molecule has 2 amide bonds. The average Bonchev–Trinajstić information content (AvgIpc) is 3.25. The van der Waals surface area contributed by atoms with Crippen LogP contribution in [0, 0.1) is 0 Å². The van der Waals surface area contributed by atoms with Gasteiger partial charge in [-0.1, -0.05) is 30.3 Å². The Kier molecular flexibility index (Phi) is 6.91. The standard InChI is InChI=1S/C23H24N4O3S/c28-21(24-15-17-6-8-20(9-7-17)27-10-12-30-13-11-27)14-19-16-31-23(25-19)26-22(29)18-4-2-1-3-5-18/h1-9,16H,10-15H2,(H,24,28)(H,25,26,29). The lowest BCUT2D eigenvalue weighted by Gasteiger charge is -2.28. The Labute approximate surface area is 185 Å². The minimum Gasteiger partial charge on any atom is -0.378 e. The number of carbonyl (C=O) groups is 2. The zero-order valence-electron chi connectivity index (χ0n) is 17.0. The second-order valence-electron chi connectivity index (χ2n) is 7.18. The van der Waals surface area contributed by atoms with Crippen molar-refractivity contribution in [1.82, 2.24) is 10.3 Å². The van der Waals surface area contributed by atoms with Gasteiger partial charge in [-0.3, -0.25) is 14.9 Å². The van der Waals surface area contributed by atoms with Crippen molar-refractivity contribution < 1.29 is 14.3 Å². The summed E-state index contributed by atoms with van der Waals surface area (Å²) in [5, 5.41) is 7.96. The molecule has 1 aliphatic heterocycles. The van der Waals surface area contributed by atoms with E-state index in [2.05, 4.69) is 32.7 Å². The number of nitrogens with one attached hydrogen (secondary N) is 2. The third kappa shape index (κ3) is 5.90. The first-order valence-corrected chi connectivity index (χ1v) is 11.0. The topological polar surface area (TPSA) is 83.6 Å². The van der Waals surface area contributed by atoms with Crippen molar-refractivity contribution >= 4 is 34.0 Å². The van der Waals surface area contributed by atoms with E-state index in [-0.39, 0.29) is 18.2 Å². The number of carbonyl (C=O) groups excluding carboxylic acids is 2. The second kappa shape index (κ2) is 10.2. The molecule has 0 radical (unpaired) electrons. The van der Waals surface area contributed by atoms with E-state index in [4.69, 9.17) is 4.74 Å². The number of amides is 2. The van der Waals surface area contributed by atoms with Crippen LogP contribution in [0.2, 0.25) is 0 Å². The van der Waals surface area contributed by atoms with Gasteiger partial charge in [0.05, 0.1) is 25.3 Å². The van der Waals surface area contributed by atoms with Crippen LogP contribution in [-0.2, 0) is 22.5 Å². The molecule has 3 aromatic rings. The van der Waals surface area contributed by atoms with Crippen LogP contribution in [0.1, 0.15) is 21.6 Å². The fourth-order valence-electron chi connectivity index (χ4n) is 3.28. The number of ether oxygens (including phenoxy) is 1. The van der Waals surface area contributed by atoms with Gasteiger partial charge >= 0.3 is 0 Å². The molecule has 160 valence electrons. The van der Waals surface area contributed by atoms with Crippen molar-refractivity contribution in [3.8, 4) is 0 Å². The van der Waals surface area contributed by atoms with Crippen LogP contribution in [0.5, 0.6) is 0 Å². The summed E-state index contributed by atoms with van der Waals surface area (Å²) in [6.45, 7) is 3.77. The maximum atomic E-state index is 12.3. The Morgan fingerprint density at radius 3 is 2.52 bits per heavy atom. The van der Waals surface area contributed by atoms with Crippen LogP contribution in [0.4, 0.5) is 10.8 Å². The number of rotatable bonds is 7. The molecule has 1 aromatic heterocycles. The third-order valence-electron chi connectivity index (χ3n) is 4.95. The van der Waals surface area contributed by atoms with E-state index in [9.17, 15) is 9.59 Å². The number of morpholine rings is 1. The summed E-state index contributed by atoms with van der Waals surface area (Å²) in [6, 6.07) is 17.2. The first-order chi connectivity index (χ1) is 15.2. The van der Waals surface area contributed by atoms with Crippen molar-refractivity contribution in [2.45, 2.75) is 13.0 Å². The maximum Gasteiger partial charge on any atom is 0.257 e. The summed E-state index contributed by atoms with van der Waals surface area (Å²) in [6.07, 6.45) is 0.170. The minimum absolute atomic E-state index is 0.108. The summed E-state index contributed by atoms with van der Waals surface area (Å²) in [7, 11) is 0. The van der Waals surface area contributed by atoms with Gasteiger partial charge in [-0.2, -0.15) is 0 Å². The van der Waals surface area contributed by atoms with Gasteiger partial charge in [0.2, 0.25) is 5.91 Å².